The number of carbonyl (C=O) groups excluding carboxylic acids is 1. The lowest BCUT2D eigenvalue weighted by atomic mass is 10.1. The number of ether oxygens (including phenoxy) is 5. The number of hydrogen-bond acceptors (Lipinski definition) is 25. The molecule has 29 heteroatoms. The summed E-state index contributed by atoms with van der Waals surface area (Å²) < 4.78 is 68.7. The molecule has 15 aromatic rings. The largest absolute Gasteiger partial charge is 0.493 e. The molecule has 0 atom stereocenters. The van der Waals surface area contributed by atoms with Crippen molar-refractivity contribution in [3.05, 3.63) is 386 Å². The standard InChI is InChI=1S/C24H21F3N4O2.2C24H26N4O.C22H22N4O.C21H20N4O/c25-24(26,27)22(32)31-12-2-1-3-13-33-20-9-5-7-18(15-20)21-10-11-28-23(30-21)29-19-8-4-6-17(14-19)16-31;1-18-16-25-24-26-21-10-6-8-19(14-21)17-28(2)12-4-3-5-13-29-22-11-7-9-20(15-22)23(18)27-24;1-18-14-23-20-9-7-11-22(16-20)29-13-5-3-4-12-28(2)17-19-8-6-10-21(15-19)26-24(25-18)27-23;1-2-11-23-16-17-6-4-8-19(14-17)25-22-24-12-10-21(26-22)18-7-5-9-20(15-18)27-13-3-1;1-2-11-22-17-7-5-8-18(15-17)24-21-23-12-10-20(25-21)16-6-4-9-19(14-16)26-13-3-1/h1-2,4-11,14-15H,3,12-13,16H2,(H,28,29,30);2*3-4,6-11,14-16H,5,12-13,17H2,1-2H3,(H,25,26,27);1-2,4-10,12,14-15,23H,3,11,13,16H2,(H,24,25,26);1-2,4-10,12,14-15,22H,3,11,13H2,(H,23,24,25)/b2-1+;2*4-3+;2-1-;2-1+. The van der Waals surface area contributed by atoms with Gasteiger partial charge in [0.15, 0.2) is 0 Å². The summed E-state index contributed by atoms with van der Waals surface area (Å²) in [6.45, 7) is 12.6. The van der Waals surface area contributed by atoms with Gasteiger partial charge in [0.2, 0.25) is 29.7 Å². The highest BCUT2D eigenvalue weighted by Gasteiger charge is 2.42. The van der Waals surface area contributed by atoms with Gasteiger partial charge in [-0.05, 0) is 240 Å². The van der Waals surface area contributed by atoms with Crippen LogP contribution in [0.4, 0.5) is 77.0 Å². The maximum Gasteiger partial charge on any atom is 0.471 e. The summed E-state index contributed by atoms with van der Waals surface area (Å²) in [4.78, 5) is 62.6. The van der Waals surface area contributed by atoms with Crippen LogP contribution in [0.5, 0.6) is 28.7 Å². The van der Waals surface area contributed by atoms with Crippen molar-refractivity contribution in [2.45, 2.75) is 78.3 Å². The third-order valence-electron chi connectivity index (χ3n) is 22.9. The van der Waals surface area contributed by atoms with Crippen LogP contribution in [0.1, 0.15) is 65.6 Å². The Kier molecular flexibility index (Phi) is 35.8. The predicted octanol–water partition coefficient (Wildman–Crippen LogP) is 24.0. The number of fused-ring (bicyclic) bond motifs is 35. The summed E-state index contributed by atoms with van der Waals surface area (Å²) >= 11 is 0. The Morgan fingerprint density at radius 1 is 0.326 bits per heavy atom. The number of alkyl halides is 3. The van der Waals surface area contributed by atoms with Crippen LogP contribution in [-0.2, 0) is 31.0 Å². The van der Waals surface area contributed by atoms with Crippen LogP contribution >= 0.6 is 0 Å². The number of hydrogen-bond donors (Lipinski definition) is 7. The summed E-state index contributed by atoms with van der Waals surface area (Å²) in [5, 5.41) is 23.2. The highest BCUT2D eigenvalue weighted by molar-refractivity contribution is 5.82. The first kappa shape index (κ1) is 100. The average molecular weight is 1930 g/mol. The fourth-order valence-electron chi connectivity index (χ4n) is 15.9. The van der Waals surface area contributed by atoms with Gasteiger partial charge in [0.25, 0.3) is 0 Å². The Balaban J connectivity index is 0.000000129. The van der Waals surface area contributed by atoms with E-state index in [0.29, 0.717) is 91.9 Å². The predicted molar refractivity (Wildman–Crippen MR) is 566 cm³/mol. The third-order valence-corrected chi connectivity index (χ3v) is 22.9. The molecule has 1 amide bonds. The second-order valence-electron chi connectivity index (χ2n) is 34.5. The van der Waals surface area contributed by atoms with E-state index in [0.717, 1.165) is 190 Å². The fourth-order valence-corrected chi connectivity index (χ4v) is 15.9. The molecule has 0 fully saturated rings. The molecule has 0 spiro atoms. The van der Waals surface area contributed by atoms with Crippen LogP contribution in [0.25, 0.3) is 56.3 Å². The second-order valence-corrected chi connectivity index (χ2v) is 34.5. The zero-order valence-electron chi connectivity index (χ0n) is 80.8. The summed E-state index contributed by atoms with van der Waals surface area (Å²) in [5.74, 6) is 4.83. The summed E-state index contributed by atoms with van der Waals surface area (Å²) in [6.07, 6.45) is 26.6. The molecule has 0 saturated carbocycles. The molecule has 144 heavy (non-hydrogen) atoms. The van der Waals surface area contributed by atoms with Crippen molar-refractivity contribution >= 4 is 69.8 Å². The number of nitrogens with zero attached hydrogens (tertiary/aromatic N) is 13. The van der Waals surface area contributed by atoms with E-state index < -0.39 is 12.1 Å². The average Bonchev–Trinajstić information content (AvgIpc) is 0.828. The normalized spacial score (nSPS) is 15.6. The molecule has 20 rings (SSSR count). The number of anilines is 11. The van der Waals surface area contributed by atoms with Gasteiger partial charge in [0.1, 0.15) is 28.7 Å². The van der Waals surface area contributed by atoms with Crippen molar-refractivity contribution in [1.82, 2.24) is 69.9 Å². The Morgan fingerprint density at radius 2 is 0.681 bits per heavy atom. The molecule has 10 aromatic carbocycles. The van der Waals surface area contributed by atoms with Gasteiger partial charge in [0, 0.05) is 151 Å². The zero-order chi connectivity index (χ0) is 99.3. The molecule has 0 radical (unpaired) electrons. The number of carbonyl (C=O) groups is 1. The van der Waals surface area contributed by atoms with E-state index in [9.17, 15) is 18.0 Å². The smallest absolute Gasteiger partial charge is 0.471 e. The van der Waals surface area contributed by atoms with Crippen molar-refractivity contribution in [1.29, 1.82) is 0 Å². The molecule has 26 nitrogen and oxygen atoms in total. The Bertz CT molecular complexity index is 6960. The number of aryl methyl sites for hydroxylation is 2. The molecule has 5 aliphatic rings. The highest BCUT2D eigenvalue weighted by atomic mass is 19.4. The molecule has 0 unspecified atom stereocenters. The quantitative estimate of drug-likeness (QED) is 0.0695. The summed E-state index contributed by atoms with van der Waals surface area (Å²) in [6, 6.07) is 87.2. The van der Waals surface area contributed by atoms with E-state index in [-0.39, 0.29) is 13.1 Å². The van der Waals surface area contributed by atoms with Gasteiger partial charge >= 0.3 is 12.1 Å². The monoisotopic (exact) mass is 1930 g/mol. The molecule has 5 aliphatic heterocycles. The van der Waals surface area contributed by atoms with Crippen LogP contribution < -0.4 is 60.9 Å². The van der Waals surface area contributed by atoms with E-state index in [1.165, 1.54) is 16.7 Å². The maximum atomic E-state index is 13.1. The lowest BCUT2D eigenvalue weighted by molar-refractivity contribution is -0.185. The molecular formula is C115H115F3N20O6. The number of halogens is 3. The molecule has 732 valence electrons. The van der Waals surface area contributed by atoms with Crippen molar-refractivity contribution < 1.29 is 41.7 Å². The van der Waals surface area contributed by atoms with Crippen LogP contribution in [0.2, 0.25) is 0 Å². The number of amides is 1. The SMILES string of the molecule is C1=C/CNc2cccc(c2)Nc2nccc(n2)-c2cccc(c2)OCC/1.C1=C\CNCc2cccc(c2)Nc2nccc(n2)-c2cccc(c2)OCC/1.Cc1cc2nc(n1)Nc1cccc(c1)CN(C)C/C=C/CCOc1cccc-2c1.Cc1cnc2nc1-c1cccc(c1)OCC/C=C/CN(C)Cc1cccc(c1)N2.O=C(N1C/C=C/CCOc2cccc(c2)-c2ccnc(n2)Nc2cccc(c2)C1)C(F)(F)F. The van der Waals surface area contributed by atoms with Crippen LogP contribution in [-0.4, -0.2) is 156 Å². The number of nitrogens with one attached hydrogen (secondary N) is 7. The Labute approximate surface area is 837 Å². The third kappa shape index (κ3) is 31.4. The van der Waals surface area contributed by atoms with E-state index in [1.54, 1.807) is 61.1 Å². The molecule has 7 N–H and O–H groups in total. The summed E-state index contributed by atoms with van der Waals surface area (Å²) in [5.41, 5.74) is 20.8. The van der Waals surface area contributed by atoms with E-state index >= 15 is 0 Å². The lowest BCUT2D eigenvalue weighted by Crippen LogP contribution is -2.40. The molecule has 30 bridgehead atoms. The first-order chi connectivity index (χ1) is 70.4. The van der Waals surface area contributed by atoms with E-state index in [2.05, 4.69) is 204 Å². The van der Waals surface area contributed by atoms with Crippen molar-refractivity contribution in [2.75, 3.05) is 112 Å². The van der Waals surface area contributed by atoms with Gasteiger partial charge in [-0.3, -0.25) is 14.6 Å². The topological polar surface area (TPSA) is 286 Å². The molecule has 10 heterocycles. The van der Waals surface area contributed by atoms with Gasteiger partial charge < -0.3 is 65.8 Å². The number of likely N-dealkylation sites (N-methyl/N-ethyl adjacent to an activating group) is 2. The first-order valence-electron chi connectivity index (χ1n) is 48.0. The van der Waals surface area contributed by atoms with Crippen LogP contribution in [0.3, 0.4) is 0 Å². The first-order valence-corrected chi connectivity index (χ1v) is 48.0. The second kappa shape index (κ2) is 51.4. The van der Waals surface area contributed by atoms with E-state index in [1.807, 2.05) is 202 Å². The Hall–Kier alpha value is -16.8. The summed E-state index contributed by atoms with van der Waals surface area (Å²) in [7, 11) is 4.25. The van der Waals surface area contributed by atoms with Gasteiger partial charge in [-0.15, -0.1) is 0 Å². The van der Waals surface area contributed by atoms with Gasteiger partial charge in [-0.1, -0.05) is 176 Å². The number of benzene rings is 10. The molecule has 5 aromatic heterocycles. The van der Waals surface area contributed by atoms with Crippen molar-refractivity contribution in [3.8, 4) is 85.0 Å². The molecule has 0 saturated heterocycles. The number of rotatable bonds is 0. The van der Waals surface area contributed by atoms with Crippen molar-refractivity contribution in [3.63, 3.8) is 0 Å². The van der Waals surface area contributed by atoms with E-state index in [4.69, 9.17) is 33.7 Å². The van der Waals surface area contributed by atoms with Gasteiger partial charge in [0.05, 0.1) is 61.5 Å². The highest BCUT2D eigenvalue weighted by Crippen LogP contribution is 2.34. The van der Waals surface area contributed by atoms with Crippen LogP contribution in [0, 0.1) is 13.8 Å². The minimum absolute atomic E-state index is 0.170. The van der Waals surface area contributed by atoms with Crippen LogP contribution in [0.15, 0.2) is 352 Å². The Morgan fingerprint density at radius 3 is 1.14 bits per heavy atom. The molecular weight excluding hydrogens is 1810 g/mol. The minimum Gasteiger partial charge on any atom is -0.493 e. The molecule has 0 aliphatic carbocycles. The van der Waals surface area contributed by atoms with Gasteiger partial charge in [-0.2, -0.15) is 13.2 Å². The van der Waals surface area contributed by atoms with Crippen molar-refractivity contribution in [2.24, 2.45) is 0 Å². The van der Waals surface area contributed by atoms with Gasteiger partial charge in [-0.25, -0.2) is 49.8 Å². The minimum atomic E-state index is -4.96. The maximum absolute atomic E-state index is 13.1. The lowest BCUT2D eigenvalue weighted by Gasteiger charge is -2.23. The zero-order valence-corrected chi connectivity index (χ0v) is 80.8. The fraction of sp³-hybridized carbons (Fsp3) is 0.209. The number of aromatic nitrogens is 10.